The van der Waals surface area contributed by atoms with Crippen molar-refractivity contribution < 1.29 is 9.47 Å². The van der Waals surface area contributed by atoms with E-state index in [0.29, 0.717) is 13.2 Å². The topological polar surface area (TPSA) is 54.9 Å². The molecule has 0 radical (unpaired) electrons. The van der Waals surface area contributed by atoms with Crippen LogP contribution in [-0.4, -0.2) is 44.9 Å². The van der Waals surface area contributed by atoms with Crippen molar-refractivity contribution in [3.05, 3.63) is 29.8 Å². The van der Waals surface area contributed by atoms with Gasteiger partial charge in [-0.2, -0.15) is 0 Å². The van der Waals surface area contributed by atoms with Crippen molar-refractivity contribution in [3.8, 4) is 5.75 Å². The van der Waals surface area contributed by atoms with Crippen LogP contribution in [0.15, 0.2) is 29.3 Å². The van der Waals surface area contributed by atoms with Gasteiger partial charge in [0.1, 0.15) is 11.9 Å². The van der Waals surface area contributed by atoms with Crippen molar-refractivity contribution in [1.29, 1.82) is 0 Å². The number of para-hydroxylation sites is 1. The van der Waals surface area contributed by atoms with Gasteiger partial charge in [-0.15, -0.1) is 0 Å². The van der Waals surface area contributed by atoms with Crippen molar-refractivity contribution in [2.24, 2.45) is 4.99 Å². The maximum absolute atomic E-state index is 5.93. The number of guanidine groups is 1. The fourth-order valence-electron chi connectivity index (χ4n) is 1.89. The molecule has 2 N–H and O–H groups in total. The molecule has 0 aliphatic heterocycles. The Bertz CT molecular complexity index is 449. The summed E-state index contributed by atoms with van der Waals surface area (Å²) in [5.41, 5.74) is 1.14. The normalized spacial score (nSPS) is 12.8. The first-order chi connectivity index (χ1) is 10.7. The molecule has 1 rings (SSSR count). The molecule has 0 spiro atoms. The molecule has 1 atom stereocenters. The summed E-state index contributed by atoms with van der Waals surface area (Å²) in [5, 5.41) is 6.46. The molecule has 0 saturated carbocycles. The number of hydrogen-bond donors (Lipinski definition) is 2. The van der Waals surface area contributed by atoms with E-state index in [-0.39, 0.29) is 6.10 Å². The van der Waals surface area contributed by atoms with Crippen LogP contribution in [0.1, 0.15) is 26.3 Å². The summed E-state index contributed by atoms with van der Waals surface area (Å²) >= 11 is 0. The summed E-state index contributed by atoms with van der Waals surface area (Å²) in [4.78, 5) is 4.55. The highest BCUT2D eigenvalue weighted by molar-refractivity contribution is 5.79. The van der Waals surface area contributed by atoms with Gasteiger partial charge in [-0.3, -0.25) is 0 Å². The predicted molar refractivity (Wildman–Crippen MR) is 91.7 cm³/mol. The van der Waals surface area contributed by atoms with Crippen molar-refractivity contribution in [2.45, 2.75) is 33.8 Å². The molecule has 0 bridgehead atoms. The molecule has 22 heavy (non-hydrogen) atoms. The first kappa shape index (κ1) is 18.3. The molecule has 1 aromatic rings. The van der Waals surface area contributed by atoms with Gasteiger partial charge in [0.15, 0.2) is 5.96 Å². The van der Waals surface area contributed by atoms with Gasteiger partial charge < -0.3 is 20.1 Å². The van der Waals surface area contributed by atoms with E-state index in [1.165, 1.54) is 0 Å². The van der Waals surface area contributed by atoms with E-state index >= 15 is 0 Å². The van der Waals surface area contributed by atoms with Crippen LogP contribution >= 0.6 is 0 Å². The molecule has 5 nitrogen and oxygen atoms in total. The number of ether oxygens (including phenoxy) is 2. The monoisotopic (exact) mass is 307 g/mol. The highest BCUT2D eigenvalue weighted by atomic mass is 16.5. The molecule has 0 aliphatic carbocycles. The number of benzene rings is 1. The van der Waals surface area contributed by atoms with Crippen LogP contribution in [0.5, 0.6) is 5.75 Å². The zero-order valence-electron chi connectivity index (χ0n) is 14.2. The Morgan fingerprint density at radius 3 is 2.68 bits per heavy atom. The fraction of sp³-hybridized carbons (Fsp3) is 0.588. The summed E-state index contributed by atoms with van der Waals surface area (Å²) in [7, 11) is 0. The number of nitrogens with one attached hydrogen (secondary N) is 2. The van der Waals surface area contributed by atoms with Crippen LogP contribution in [0.4, 0.5) is 0 Å². The number of aliphatic imine (C=N–C) groups is 1. The van der Waals surface area contributed by atoms with Crippen LogP contribution in [0, 0.1) is 6.92 Å². The number of hydrogen-bond acceptors (Lipinski definition) is 3. The van der Waals surface area contributed by atoms with Crippen LogP contribution in [0.2, 0.25) is 0 Å². The minimum absolute atomic E-state index is 0.0171. The minimum atomic E-state index is 0.0171. The Hall–Kier alpha value is -1.75. The van der Waals surface area contributed by atoms with Gasteiger partial charge >= 0.3 is 0 Å². The Balaban J connectivity index is 2.45. The SMILES string of the molecule is CCNC(=NCC(C)Oc1ccccc1C)NCCOCC. The zero-order valence-corrected chi connectivity index (χ0v) is 14.2. The Morgan fingerprint density at radius 1 is 1.23 bits per heavy atom. The second-order valence-electron chi connectivity index (χ2n) is 5.04. The predicted octanol–water partition coefficient (Wildman–Crippen LogP) is 2.35. The second kappa shape index (κ2) is 10.9. The third kappa shape index (κ3) is 7.31. The number of rotatable bonds is 9. The second-order valence-corrected chi connectivity index (χ2v) is 5.04. The highest BCUT2D eigenvalue weighted by Gasteiger charge is 2.06. The average Bonchev–Trinajstić information content (AvgIpc) is 2.51. The van der Waals surface area contributed by atoms with E-state index in [1.807, 2.05) is 52.0 Å². The van der Waals surface area contributed by atoms with Crippen LogP contribution in [0.3, 0.4) is 0 Å². The molecular formula is C17H29N3O2. The number of aryl methyl sites for hydroxylation is 1. The molecule has 0 aliphatic rings. The van der Waals surface area contributed by atoms with E-state index in [4.69, 9.17) is 9.47 Å². The van der Waals surface area contributed by atoms with Crippen molar-refractivity contribution in [3.63, 3.8) is 0 Å². The lowest BCUT2D eigenvalue weighted by Gasteiger charge is -2.16. The van der Waals surface area contributed by atoms with Gasteiger partial charge in [0.2, 0.25) is 0 Å². The lowest BCUT2D eigenvalue weighted by Crippen LogP contribution is -2.39. The van der Waals surface area contributed by atoms with Crippen LogP contribution in [0.25, 0.3) is 0 Å². The van der Waals surface area contributed by atoms with Gasteiger partial charge in [0.05, 0.1) is 13.2 Å². The summed E-state index contributed by atoms with van der Waals surface area (Å²) < 4.78 is 11.2. The van der Waals surface area contributed by atoms with E-state index < -0.39 is 0 Å². The number of nitrogens with zero attached hydrogens (tertiary/aromatic N) is 1. The third-order valence-electron chi connectivity index (χ3n) is 3.02. The molecule has 0 amide bonds. The maximum atomic E-state index is 5.93. The zero-order chi connectivity index (χ0) is 16.2. The van der Waals surface area contributed by atoms with Gasteiger partial charge in [-0.1, -0.05) is 18.2 Å². The molecular weight excluding hydrogens is 278 g/mol. The van der Waals surface area contributed by atoms with Crippen molar-refractivity contribution >= 4 is 5.96 Å². The highest BCUT2D eigenvalue weighted by Crippen LogP contribution is 2.17. The molecule has 0 heterocycles. The van der Waals surface area contributed by atoms with Gasteiger partial charge in [-0.05, 0) is 39.3 Å². The van der Waals surface area contributed by atoms with Crippen LogP contribution < -0.4 is 15.4 Å². The van der Waals surface area contributed by atoms with Gasteiger partial charge in [0, 0.05) is 19.7 Å². The first-order valence-electron chi connectivity index (χ1n) is 7.99. The van der Waals surface area contributed by atoms with E-state index in [1.54, 1.807) is 0 Å². The van der Waals surface area contributed by atoms with Crippen LogP contribution in [-0.2, 0) is 4.74 Å². The summed E-state index contributed by atoms with van der Waals surface area (Å²) in [5.74, 6) is 1.71. The molecule has 124 valence electrons. The molecule has 0 aromatic heterocycles. The van der Waals surface area contributed by atoms with Crippen molar-refractivity contribution in [2.75, 3.05) is 32.8 Å². The molecule has 1 unspecified atom stereocenters. The van der Waals surface area contributed by atoms with Crippen molar-refractivity contribution in [1.82, 2.24) is 10.6 Å². The third-order valence-corrected chi connectivity index (χ3v) is 3.02. The summed E-state index contributed by atoms with van der Waals surface area (Å²) in [6.45, 7) is 11.7. The lowest BCUT2D eigenvalue weighted by molar-refractivity contribution is 0.152. The first-order valence-corrected chi connectivity index (χ1v) is 7.99. The van der Waals surface area contributed by atoms with Gasteiger partial charge in [0.25, 0.3) is 0 Å². The Morgan fingerprint density at radius 2 is 2.00 bits per heavy atom. The summed E-state index contributed by atoms with van der Waals surface area (Å²) in [6, 6.07) is 8.03. The standard InChI is InChI=1S/C17H29N3O2/c1-5-18-17(19-11-12-21-6-2)20-13-15(4)22-16-10-8-7-9-14(16)3/h7-10,15H,5-6,11-13H2,1-4H3,(H2,18,19,20). The molecule has 0 saturated heterocycles. The Labute approximate surface area is 134 Å². The van der Waals surface area contributed by atoms with E-state index in [2.05, 4.69) is 15.6 Å². The molecule has 5 heteroatoms. The van der Waals surface area contributed by atoms with E-state index in [0.717, 1.165) is 37.0 Å². The minimum Gasteiger partial charge on any atom is -0.489 e. The smallest absolute Gasteiger partial charge is 0.191 e. The molecule has 1 aromatic carbocycles. The van der Waals surface area contributed by atoms with Gasteiger partial charge in [-0.25, -0.2) is 4.99 Å². The largest absolute Gasteiger partial charge is 0.489 e. The molecule has 0 fully saturated rings. The fourth-order valence-corrected chi connectivity index (χ4v) is 1.89. The van der Waals surface area contributed by atoms with E-state index in [9.17, 15) is 0 Å². The summed E-state index contributed by atoms with van der Waals surface area (Å²) in [6.07, 6.45) is 0.0171. The quantitative estimate of drug-likeness (QED) is 0.418. The lowest BCUT2D eigenvalue weighted by atomic mass is 10.2. The maximum Gasteiger partial charge on any atom is 0.191 e. The average molecular weight is 307 g/mol. The Kier molecular flexibility index (Phi) is 9.07.